The van der Waals surface area contributed by atoms with Gasteiger partial charge in [0, 0.05) is 11.1 Å². The van der Waals surface area contributed by atoms with Crippen molar-refractivity contribution in [3.05, 3.63) is 24.3 Å². The van der Waals surface area contributed by atoms with Crippen LogP contribution in [0.5, 0.6) is 0 Å². The van der Waals surface area contributed by atoms with Crippen molar-refractivity contribution in [2.75, 3.05) is 26.4 Å². The first-order valence-corrected chi connectivity index (χ1v) is 7.40. The Morgan fingerprint density at radius 2 is 1.07 bits per heavy atom. The molecule has 0 unspecified atom stereocenters. The Bertz CT molecular complexity index is 663. The number of ether oxygens (including phenoxy) is 5. The highest BCUT2D eigenvalue weighted by atomic mass is 16.6. The number of rotatable bonds is 8. The summed E-state index contributed by atoms with van der Waals surface area (Å²) in [5, 5.41) is 0. The van der Waals surface area contributed by atoms with Gasteiger partial charge in [0.05, 0.1) is 25.1 Å². The summed E-state index contributed by atoms with van der Waals surface area (Å²) in [5.74, 6) is 0.592. The van der Waals surface area contributed by atoms with Crippen molar-refractivity contribution in [3.8, 4) is 24.1 Å². The van der Waals surface area contributed by atoms with Gasteiger partial charge in [-0.05, 0) is 13.8 Å². The first kappa shape index (κ1) is 23.4. The highest BCUT2D eigenvalue weighted by Crippen LogP contribution is 1.91. The lowest BCUT2D eigenvalue weighted by Gasteiger charge is -2.03. The van der Waals surface area contributed by atoms with E-state index in [1.807, 2.05) is 24.1 Å². The molecule has 0 bridgehead atoms. The maximum absolute atomic E-state index is 11.2. The van der Waals surface area contributed by atoms with Crippen LogP contribution in [-0.2, 0) is 42.9 Å². The van der Waals surface area contributed by atoms with Crippen molar-refractivity contribution in [3.63, 3.8) is 0 Å². The van der Waals surface area contributed by atoms with E-state index < -0.39 is 23.9 Å². The summed E-state index contributed by atoms with van der Waals surface area (Å²) in [4.78, 5) is 44.3. The normalized spacial score (nSPS) is 8.67. The predicted molar refractivity (Wildman–Crippen MR) is 90.1 cm³/mol. The van der Waals surface area contributed by atoms with Crippen LogP contribution in [0, 0.1) is 24.1 Å². The van der Waals surface area contributed by atoms with E-state index in [9.17, 15) is 19.2 Å². The van der Waals surface area contributed by atoms with Gasteiger partial charge in [-0.2, -0.15) is 0 Å². The van der Waals surface area contributed by atoms with Crippen molar-refractivity contribution in [1.82, 2.24) is 0 Å². The van der Waals surface area contributed by atoms with Gasteiger partial charge >= 0.3 is 23.9 Å². The maximum Gasteiger partial charge on any atom is 0.387 e. The molecule has 0 saturated carbocycles. The molecule has 0 aromatic carbocycles. The number of carbonyl (C=O) groups excluding carboxylic acids is 4. The minimum absolute atomic E-state index is 0.0262. The van der Waals surface area contributed by atoms with Crippen LogP contribution in [0.25, 0.3) is 0 Å². The van der Waals surface area contributed by atoms with Gasteiger partial charge < -0.3 is 23.7 Å². The van der Waals surface area contributed by atoms with Gasteiger partial charge in [-0.1, -0.05) is 13.2 Å². The zero-order valence-corrected chi connectivity index (χ0v) is 14.9. The minimum atomic E-state index is -0.904. The van der Waals surface area contributed by atoms with Gasteiger partial charge in [0.15, 0.2) is 0 Å². The Balaban J connectivity index is 3.75. The molecule has 0 aliphatic heterocycles. The summed E-state index contributed by atoms with van der Waals surface area (Å²) in [7, 11) is 0. The fourth-order valence-corrected chi connectivity index (χ4v) is 0.962. The Morgan fingerprint density at radius 1 is 0.704 bits per heavy atom. The Kier molecular flexibility index (Phi) is 11.9. The number of carbonyl (C=O) groups is 4. The zero-order valence-electron chi connectivity index (χ0n) is 14.9. The Hall–Kier alpha value is -3.56. The van der Waals surface area contributed by atoms with Crippen molar-refractivity contribution in [2.24, 2.45) is 0 Å². The molecular formula is C18H18O9. The van der Waals surface area contributed by atoms with Gasteiger partial charge in [0.25, 0.3) is 0 Å². The fourth-order valence-electron chi connectivity index (χ4n) is 0.962. The summed E-state index contributed by atoms with van der Waals surface area (Å²) in [6.45, 7) is 9.39. The monoisotopic (exact) mass is 378 g/mol. The average Bonchev–Trinajstić information content (AvgIpc) is 2.60. The van der Waals surface area contributed by atoms with E-state index in [0.717, 1.165) is 0 Å². The molecule has 0 heterocycles. The standard InChI is InChI=1S/C18H18O9/c1-13(2)17(21)26-7-5-15(19)24-11-9-23-10-12-25-16(20)6-8-27-18(22)14(3)4/h1,3,9-12H2,2,4H3. The predicted octanol–water partition coefficient (Wildman–Crippen LogP) is 0.250. The Morgan fingerprint density at radius 3 is 1.41 bits per heavy atom. The van der Waals surface area contributed by atoms with Crippen LogP contribution in [0.15, 0.2) is 24.3 Å². The molecule has 27 heavy (non-hydrogen) atoms. The molecule has 9 heteroatoms. The van der Waals surface area contributed by atoms with Gasteiger partial charge in [0.2, 0.25) is 0 Å². The second-order valence-electron chi connectivity index (χ2n) is 4.68. The lowest BCUT2D eigenvalue weighted by Crippen LogP contribution is -2.13. The first-order valence-electron chi connectivity index (χ1n) is 7.40. The number of esters is 4. The molecule has 0 aliphatic rings. The molecule has 144 valence electrons. The van der Waals surface area contributed by atoms with Crippen molar-refractivity contribution in [2.45, 2.75) is 13.8 Å². The molecule has 0 saturated heterocycles. The molecule has 0 rings (SSSR count). The third kappa shape index (κ3) is 13.4. The number of hydrogen-bond acceptors (Lipinski definition) is 9. The van der Waals surface area contributed by atoms with Crippen molar-refractivity contribution < 1.29 is 42.9 Å². The third-order valence-corrected chi connectivity index (χ3v) is 2.21. The maximum atomic E-state index is 11.2. The largest absolute Gasteiger partial charge is 0.454 e. The van der Waals surface area contributed by atoms with E-state index >= 15 is 0 Å². The van der Waals surface area contributed by atoms with E-state index in [2.05, 4.69) is 32.1 Å². The second kappa shape index (κ2) is 13.7. The molecule has 9 nitrogen and oxygen atoms in total. The summed E-state index contributed by atoms with van der Waals surface area (Å²) < 4.78 is 23.1. The molecule has 0 radical (unpaired) electrons. The van der Waals surface area contributed by atoms with Gasteiger partial charge in [0.1, 0.15) is 25.4 Å². The van der Waals surface area contributed by atoms with Gasteiger partial charge in [-0.15, -0.1) is 0 Å². The lowest BCUT2D eigenvalue weighted by atomic mass is 10.4. The fraction of sp³-hybridized carbons (Fsp3) is 0.333. The third-order valence-electron chi connectivity index (χ3n) is 2.21. The summed E-state index contributed by atoms with van der Waals surface area (Å²) >= 11 is 0. The highest BCUT2D eigenvalue weighted by molar-refractivity contribution is 5.91. The average molecular weight is 378 g/mol. The molecule has 0 atom stereocenters. The molecule has 0 amide bonds. The van der Waals surface area contributed by atoms with E-state index in [1.54, 1.807) is 0 Å². The molecule has 0 fully saturated rings. The molecule has 0 aromatic heterocycles. The summed E-state index contributed by atoms with van der Waals surface area (Å²) in [6, 6.07) is 0. The van der Waals surface area contributed by atoms with E-state index in [0.29, 0.717) is 0 Å². The smallest absolute Gasteiger partial charge is 0.387 e. The summed E-state index contributed by atoms with van der Waals surface area (Å²) in [5.41, 5.74) is 0.288. The molecule has 0 aliphatic carbocycles. The van der Waals surface area contributed by atoms with Crippen LogP contribution in [0.1, 0.15) is 13.8 Å². The van der Waals surface area contributed by atoms with Crippen LogP contribution in [0.3, 0.4) is 0 Å². The molecule has 0 spiro atoms. The van der Waals surface area contributed by atoms with Crippen LogP contribution in [0.2, 0.25) is 0 Å². The van der Waals surface area contributed by atoms with Crippen molar-refractivity contribution >= 4 is 23.9 Å². The highest BCUT2D eigenvalue weighted by Gasteiger charge is 2.03. The SMILES string of the molecule is C=C(C)C(=O)OC#CC(=O)OCCOCCOC(=O)C#COC(=O)C(=C)C. The first-order chi connectivity index (χ1) is 12.7. The van der Waals surface area contributed by atoms with Crippen molar-refractivity contribution in [1.29, 1.82) is 0 Å². The minimum Gasteiger partial charge on any atom is -0.454 e. The van der Waals surface area contributed by atoms with Crippen LogP contribution in [0.4, 0.5) is 0 Å². The number of hydrogen-bond donors (Lipinski definition) is 0. The molecule has 0 N–H and O–H groups in total. The van der Waals surface area contributed by atoms with E-state index in [-0.39, 0.29) is 37.6 Å². The van der Waals surface area contributed by atoms with E-state index in [4.69, 9.17) is 4.74 Å². The lowest BCUT2D eigenvalue weighted by molar-refractivity contribution is -0.139. The quantitative estimate of drug-likeness (QED) is 0.193. The van der Waals surface area contributed by atoms with E-state index in [1.165, 1.54) is 13.8 Å². The van der Waals surface area contributed by atoms with Gasteiger partial charge in [-0.25, -0.2) is 19.2 Å². The van der Waals surface area contributed by atoms with Crippen LogP contribution >= 0.6 is 0 Å². The zero-order chi connectivity index (χ0) is 20.7. The molecular weight excluding hydrogens is 360 g/mol. The topological polar surface area (TPSA) is 114 Å². The van der Waals surface area contributed by atoms with Gasteiger partial charge in [-0.3, -0.25) is 0 Å². The van der Waals surface area contributed by atoms with Crippen LogP contribution in [-0.4, -0.2) is 50.3 Å². The van der Waals surface area contributed by atoms with Crippen LogP contribution < -0.4 is 0 Å². The summed E-state index contributed by atoms with van der Waals surface area (Å²) in [6.07, 6.45) is 3.78. The molecule has 0 aromatic rings. The Labute approximate surface area is 156 Å². The second-order valence-corrected chi connectivity index (χ2v) is 4.68.